The number of nitrogens with zero attached hydrogens (tertiary/aromatic N) is 1. The molecule has 0 radical (unpaired) electrons. The molecule has 0 aliphatic carbocycles. The number of furan rings is 1. The summed E-state index contributed by atoms with van der Waals surface area (Å²) in [5.41, 5.74) is 4.12. The molecular weight excluding hydrogens is 342 g/mol. The zero-order chi connectivity index (χ0) is 19.3. The first-order valence-electron chi connectivity index (χ1n) is 9.72. The minimum atomic E-state index is -0.114. The molecule has 0 unspecified atom stereocenters. The van der Waals surface area contributed by atoms with Crippen LogP contribution in [0.5, 0.6) is 0 Å². The van der Waals surface area contributed by atoms with Gasteiger partial charge < -0.3 is 9.32 Å². The molecule has 0 saturated carbocycles. The highest BCUT2D eigenvalue weighted by Gasteiger charge is 2.27. The summed E-state index contributed by atoms with van der Waals surface area (Å²) in [4.78, 5) is 2.44. The Morgan fingerprint density at radius 2 is 1.21 bits per heavy atom. The molecule has 0 bridgehead atoms. The van der Waals surface area contributed by atoms with Crippen molar-refractivity contribution in [2.45, 2.75) is 26.3 Å². The fourth-order valence-electron chi connectivity index (χ4n) is 4.20. The van der Waals surface area contributed by atoms with Gasteiger partial charge in [-0.05, 0) is 50.4 Å². The maximum atomic E-state index is 6.15. The average Bonchev–Trinajstić information content (AvgIpc) is 3.07. The lowest BCUT2D eigenvalue weighted by Gasteiger charge is -2.39. The van der Waals surface area contributed by atoms with E-state index in [4.69, 9.17) is 4.42 Å². The lowest BCUT2D eigenvalue weighted by molar-refractivity contribution is 0.562. The quantitative estimate of drug-likeness (QED) is 0.319. The molecule has 0 atom stereocenters. The SMILES string of the molecule is CC(C)(C)N(c1cccc2ccccc12)c1cccc2oc3ccccc3c12. The second-order valence-corrected chi connectivity index (χ2v) is 8.25. The van der Waals surface area contributed by atoms with Crippen molar-refractivity contribution in [3.05, 3.63) is 84.9 Å². The summed E-state index contributed by atoms with van der Waals surface area (Å²) < 4.78 is 6.15. The third-order valence-corrected chi connectivity index (χ3v) is 5.30. The van der Waals surface area contributed by atoms with Gasteiger partial charge in [0.25, 0.3) is 0 Å². The van der Waals surface area contributed by atoms with Crippen LogP contribution in [0.3, 0.4) is 0 Å². The molecule has 138 valence electrons. The van der Waals surface area contributed by atoms with E-state index in [1.54, 1.807) is 0 Å². The minimum absolute atomic E-state index is 0.114. The van der Waals surface area contributed by atoms with Gasteiger partial charge in [-0.2, -0.15) is 0 Å². The summed E-state index contributed by atoms with van der Waals surface area (Å²) in [6.45, 7) is 6.78. The van der Waals surface area contributed by atoms with Gasteiger partial charge in [0.1, 0.15) is 11.2 Å². The highest BCUT2D eigenvalue weighted by atomic mass is 16.3. The summed E-state index contributed by atoms with van der Waals surface area (Å²) in [5.74, 6) is 0. The molecule has 0 fully saturated rings. The highest BCUT2D eigenvalue weighted by molar-refractivity contribution is 6.13. The molecule has 1 aromatic heterocycles. The third kappa shape index (κ3) is 2.56. The van der Waals surface area contributed by atoms with Crippen LogP contribution in [0.1, 0.15) is 20.8 Å². The molecule has 0 amide bonds. The first-order valence-corrected chi connectivity index (χ1v) is 9.72. The van der Waals surface area contributed by atoms with Crippen molar-refractivity contribution in [2.75, 3.05) is 4.90 Å². The van der Waals surface area contributed by atoms with E-state index in [0.29, 0.717) is 0 Å². The number of anilines is 2. The van der Waals surface area contributed by atoms with Gasteiger partial charge in [0.15, 0.2) is 0 Å². The highest BCUT2D eigenvalue weighted by Crippen LogP contribution is 2.43. The fraction of sp³-hybridized carbons (Fsp3) is 0.154. The maximum absolute atomic E-state index is 6.15. The molecule has 28 heavy (non-hydrogen) atoms. The molecule has 0 N–H and O–H groups in total. The van der Waals surface area contributed by atoms with Crippen LogP contribution in [0.2, 0.25) is 0 Å². The topological polar surface area (TPSA) is 16.4 Å². The van der Waals surface area contributed by atoms with E-state index in [2.05, 4.69) is 98.5 Å². The zero-order valence-electron chi connectivity index (χ0n) is 16.4. The Kier molecular flexibility index (Phi) is 3.70. The van der Waals surface area contributed by atoms with Gasteiger partial charge in [-0.25, -0.2) is 0 Å². The van der Waals surface area contributed by atoms with Crippen molar-refractivity contribution in [1.29, 1.82) is 0 Å². The number of hydrogen-bond donors (Lipinski definition) is 0. The molecule has 2 heteroatoms. The molecule has 4 aromatic carbocycles. The summed E-state index contributed by atoms with van der Waals surface area (Å²) >= 11 is 0. The number of hydrogen-bond acceptors (Lipinski definition) is 2. The second kappa shape index (κ2) is 6.13. The molecular formula is C26H23NO. The molecule has 1 heterocycles. The summed E-state index contributed by atoms with van der Waals surface area (Å²) in [6.07, 6.45) is 0. The van der Waals surface area contributed by atoms with Crippen molar-refractivity contribution in [3.8, 4) is 0 Å². The maximum Gasteiger partial charge on any atom is 0.137 e. The molecule has 5 aromatic rings. The molecule has 0 aliphatic rings. The Hall–Kier alpha value is -3.26. The third-order valence-electron chi connectivity index (χ3n) is 5.30. The Bertz CT molecular complexity index is 1300. The first-order chi connectivity index (χ1) is 13.5. The van der Waals surface area contributed by atoms with Gasteiger partial charge in [0.2, 0.25) is 0 Å². The Labute approximate surface area is 165 Å². The molecule has 5 rings (SSSR count). The predicted molar refractivity (Wildman–Crippen MR) is 120 cm³/mol. The van der Waals surface area contributed by atoms with Crippen LogP contribution in [-0.4, -0.2) is 5.54 Å². The van der Waals surface area contributed by atoms with Crippen LogP contribution in [0, 0.1) is 0 Å². The molecule has 0 saturated heterocycles. The van der Waals surface area contributed by atoms with Gasteiger partial charge in [-0.1, -0.05) is 60.7 Å². The van der Waals surface area contributed by atoms with Gasteiger partial charge in [-0.15, -0.1) is 0 Å². The van der Waals surface area contributed by atoms with E-state index in [0.717, 1.165) is 16.6 Å². The van der Waals surface area contributed by atoms with Crippen LogP contribution >= 0.6 is 0 Å². The van der Waals surface area contributed by atoms with Crippen LogP contribution in [0.15, 0.2) is 89.3 Å². The van der Waals surface area contributed by atoms with E-state index in [9.17, 15) is 0 Å². The normalized spacial score (nSPS) is 12.1. The monoisotopic (exact) mass is 365 g/mol. The van der Waals surface area contributed by atoms with Crippen LogP contribution in [-0.2, 0) is 0 Å². The second-order valence-electron chi connectivity index (χ2n) is 8.25. The van der Waals surface area contributed by atoms with Crippen molar-refractivity contribution in [2.24, 2.45) is 0 Å². The van der Waals surface area contributed by atoms with Gasteiger partial charge in [-0.3, -0.25) is 0 Å². The van der Waals surface area contributed by atoms with Crippen molar-refractivity contribution in [3.63, 3.8) is 0 Å². The number of para-hydroxylation sites is 1. The van der Waals surface area contributed by atoms with Crippen LogP contribution in [0.25, 0.3) is 32.7 Å². The van der Waals surface area contributed by atoms with Crippen molar-refractivity contribution >= 4 is 44.1 Å². The standard InChI is InChI=1S/C26H23NO/c1-26(2,3)27(21-14-8-11-18-10-4-5-12-19(18)21)22-15-9-17-24-25(22)20-13-6-7-16-23(20)28-24/h4-17H,1-3H3. The number of benzene rings is 4. The van der Waals surface area contributed by atoms with E-state index >= 15 is 0 Å². The van der Waals surface area contributed by atoms with Crippen LogP contribution in [0.4, 0.5) is 11.4 Å². The fourth-order valence-corrected chi connectivity index (χ4v) is 4.20. The largest absolute Gasteiger partial charge is 0.456 e. The number of fused-ring (bicyclic) bond motifs is 4. The van der Waals surface area contributed by atoms with E-state index in [1.807, 2.05) is 12.1 Å². The van der Waals surface area contributed by atoms with Crippen molar-refractivity contribution < 1.29 is 4.42 Å². The van der Waals surface area contributed by atoms with E-state index < -0.39 is 0 Å². The summed E-state index contributed by atoms with van der Waals surface area (Å²) in [7, 11) is 0. The van der Waals surface area contributed by atoms with Gasteiger partial charge >= 0.3 is 0 Å². The van der Waals surface area contributed by atoms with Gasteiger partial charge in [0, 0.05) is 22.0 Å². The Balaban J connectivity index is 1.88. The minimum Gasteiger partial charge on any atom is -0.456 e. The first kappa shape index (κ1) is 16.9. The van der Waals surface area contributed by atoms with E-state index in [-0.39, 0.29) is 5.54 Å². The Morgan fingerprint density at radius 3 is 2.04 bits per heavy atom. The molecule has 2 nitrogen and oxygen atoms in total. The smallest absolute Gasteiger partial charge is 0.137 e. The average molecular weight is 365 g/mol. The van der Waals surface area contributed by atoms with E-state index in [1.165, 1.54) is 27.5 Å². The summed E-state index contributed by atoms with van der Waals surface area (Å²) in [5, 5.41) is 4.83. The van der Waals surface area contributed by atoms with Gasteiger partial charge in [0.05, 0.1) is 11.1 Å². The lowest BCUT2D eigenvalue weighted by Crippen LogP contribution is -2.37. The lowest BCUT2D eigenvalue weighted by atomic mass is 9.98. The zero-order valence-corrected chi connectivity index (χ0v) is 16.4. The van der Waals surface area contributed by atoms with Crippen LogP contribution < -0.4 is 4.90 Å². The predicted octanol–water partition coefficient (Wildman–Crippen LogP) is 7.68. The molecule has 0 spiro atoms. The van der Waals surface area contributed by atoms with Crippen molar-refractivity contribution in [1.82, 2.24) is 0 Å². The Morgan fingerprint density at radius 1 is 0.607 bits per heavy atom. The number of rotatable bonds is 2. The molecule has 0 aliphatic heterocycles. The summed E-state index contributed by atoms with van der Waals surface area (Å²) in [6, 6.07) is 29.8.